The van der Waals surface area contributed by atoms with Crippen LogP contribution in [-0.4, -0.2) is 35.2 Å². The van der Waals surface area contributed by atoms with Gasteiger partial charge in [-0.25, -0.2) is 4.39 Å². The number of benzene rings is 2. The first-order valence-electron chi connectivity index (χ1n) is 9.90. The average Bonchev–Trinajstić information content (AvgIpc) is 3.40. The molecule has 6 heteroatoms. The van der Waals surface area contributed by atoms with Gasteiger partial charge in [0.05, 0.1) is 24.8 Å². The Morgan fingerprint density at radius 3 is 2.47 bits per heavy atom. The van der Waals surface area contributed by atoms with Crippen molar-refractivity contribution in [1.82, 2.24) is 9.80 Å². The van der Waals surface area contributed by atoms with E-state index in [9.17, 15) is 14.0 Å². The molecular weight excluding hydrogens is 383 g/mol. The second kappa shape index (κ2) is 8.53. The van der Waals surface area contributed by atoms with Gasteiger partial charge in [0.25, 0.3) is 0 Å². The molecule has 0 spiro atoms. The number of rotatable bonds is 6. The standard InChI is InChI=1S/C24H23FN2O3/c1-26(23(17-6-3-2-4-7-17)18-9-11-20(25)12-10-18)24(29)19-14-22(28)27(15-19)16-21-8-5-13-30-21/h2-13,19,23H,14-16H2,1H3. The van der Waals surface area contributed by atoms with E-state index in [1.807, 2.05) is 36.4 Å². The molecule has 1 aromatic heterocycles. The van der Waals surface area contributed by atoms with E-state index in [2.05, 4.69) is 0 Å². The minimum Gasteiger partial charge on any atom is -0.467 e. The fourth-order valence-electron chi connectivity index (χ4n) is 4.02. The SMILES string of the molecule is CN(C(=O)C1CC(=O)N(Cc2ccco2)C1)C(c1ccccc1)c1ccc(F)cc1. The Balaban J connectivity index is 1.55. The summed E-state index contributed by atoms with van der Waals surface area (Å²) in [4.78, 5) is 29.1. The molecule has 0 saturated carbocycles. The van der Waals surface area contributed by atoms with Crippen molar-refractivity contribution in [3.05, 3.63) is 95.7 Å². The molecule has 2 atom stereocenters. The first-order valence-corrected chi connectivity index (χ1v) is 9.90. The number of nitrogens with zero attached hydrogens (tertiary/aromatic N) is 2. The van der Waals surface area contributed by atoms with Gasteiger partial charge in [-0.2, -0.15) is 0 Å². The lowest BCUT2D eigenvalue weighted by molar-refractivity contribution is -0.136. The molecule has 0 radical (unpaired) electrons. The van der Waals surface area contributed by atoms with Crippen molar-refractivity contribution in [3.8, 4) is 0 Å². The Morgan fingerprint density at radius 1 is 1.10 bits per heavy atom. The van der Waals surface area contributed by atoms with Crippen LogP contribution in [0.25, 0.3) is 0 Å². The van der Waals surface area contributed by atoms with E-state index < -0.39 is 5.92 Å². The zero-order valence-corrected chi connectivity index (χ0v) is 16.7. The van der Waals surface area contributed by atoms with Crippen molar-refractivity contribution in [1.29, 1.82) is 0 Å². The van der Waals surface area contributed by atoms with Crippen LogP contribution in [0.5, 0.6) is 0 Å². The summed E-state index contributed by atoms with van der Waals surface area (Å²) in [5.74, 6) is -0.225. The molecule has 1 saturated heterocycles. The highest BCUT2D eigenvalue weighted by Crippen LogP contribution is 2.31. The Morgan fingerprint density at radius 2 is 1.80 bits per heavy atom. The topological polar surface area (TPSA) is 53.8 Å². The molecule has 5 nitrogen and oxygen atoms in total. The summed E-state index contributed by atoms with van der Waals surface area (Å²) in [5.41, 5.74) is 1.74. The fourth-order valence-corrected chi connectivity index (χ4v) is 4.02. The maximum absolute atomic E-state index is 13.5. The second-order valence-electron chi connectivity index (χ2n) is 7.57. The maximum atomic E-state index is 13.5. The van der Waals surface area contributed by atoms with Crippen molar-refractivity contribution < 1.29 is 18.4 Å². The van der Waals surface area contributed by atoms with Gasteiger partial charge in [0.15, 0.2) is 0 Å². The third-order valence-corrected chi connectivity index (χ3v) is 5.53. The zero-order valence-electron chi connectivity index (χ0n) is 16.7. The van der Waals surface area contributed by atoms with E-state index in [0.717, 1.165) is 11.1 Å². The number of hydrogen-bond acceptors (Lipinski definition) is 3. The van der Waals surface area contributed by atoms with E-state index in [0.29, 0.717) is 18.8 Å². The predicted molar refractivity (Wildman–Crippen MR) is 110 cm³/mol. The van der Waals surface area contributed by atoms with Gasteiger partial charge in [-0.3, -0.25) is 9.59 Å². The van der Waals surface area contributed by atoms with Gasteiger partial charge >= 0.3 is 0 Å². The third kappa shape index (κ3) is 4.13. The minimum atomic E-state index is -0.427. The van der Waals surface area contributed by atoms with Crippen molar-refractivity contribution in [2.75, 3.05) is 13.6 Å². The lowest BCUT2D eigenvalue weighted by Gasteiger charge is -2.31. The Labute approximate surface area is 174 Å². The summed E-state index contributed by atoms with van der Waals surface area (Å²) in [6.07, 6.45) is 1.74. The summed E-state index contributed by atoms with van der Waals surface area (Å²) in [7, 11) is 1.74. The van der Waals surface area contributed by atoms with Gasteiger partial charge in [0.2, 0.25) is 11.8 Å². The molecule has 2 unspecified atom stereocenters. The average molecular weight is 406 g/mol. The first-order chi connectivity index (χ1) is 14.5. The molecule has 1 aliphatic rings. The van der Waals surface area contributed by atoms with Crippen LogP contribution in [0.15, 0.2) is 77.4 Å². The van der Waals surface area contributed by atoms with Gasteiger partial charge in [0.1, 0.15) is 11.6 Å². The number of halogens is 1. The Bertz CT molecular complexity index is 1000. The fraction of sp³-hybridized carbons (Fsp3) is 0.250. The summed E-state index contributed by atoms with van der Waals surface area (Å²) in [6.45, 7) is 0.715. The summed E-state index contributed by atoms with van der Waals surface area (Å²) >= 11 is 0. The van der Waals surface area contributed by atoms with Crippen LogP contribution in [0.1, 0.15) is 29.3 Å². The van der Waals surface area contributed by atoms with Gasteiger partial charge in [0, 0.05) is 20.0 Å². The van der Waals surface area contributed by atoms with Crippen molar-refractivity contribution in [3.63, 3.8) is 0 Å². The molecule has 0 bridgehead atoms. The van der Waals surface area contributed by atoms with Crippen LogP contribution in [0.3, 0.4) is 0 Å². The molecule has 3 aromatic rings. The Hall–Kier alpha value is -3.41. The van der Waals surface area contributed by atoms with Crippen LogP contribution in [0.4, 0.5) is 4.39 Å². The van der Waals surface area contributed by atoms with Gasteiger partial charge < -0.3 is 14.2 Å². The molecule has 154 valence electrons. The van der Waals surface area contributed by atoms with E-state index in [4.69, 9.17) is 4.42 Å². The number of furan rings is 1. The van der Waals surface area contributed by atoms with Crippen LogP contribution in [0, 0.1) is 11.7 Å². The lowest BCUT2D eigenvalue weighted by Crippen LogP contribution is -2.37. The molecule has 2 heterocycles. The van der Waals surface area contributed by atoms with E-state index in [-0.39, 0.29) is 30.1 Å². The number of carbonyl (C=O) groups is 2. The molecule has 0 N–H and O–H groups in total. The molecule has 2 amide bonds. The van der Waals surface area contributed by atoms with Gasteiger partial charge in [-0.15, -0.1) is 0 Å². The van der Waals surface area contributed by atoms with E-state index >= 15 is 0 Å². The second-order valence-corrected chi connectivity index (χ2v) is 7.57. The van der Waals surface area contributed by atoms with Crippen LogP contribution < -0.4 is 0 Å². The van der Waals surface area contributed by atoms with Gasteiger partial charge in [-0.1, -0.05) is 42.5 Å². The van der Waals surface area contributed by atoms with Crippen LogP contribution in [0.2, 0.25) is 0 Å². The zero-order chi connectivity index (χ0) is 21.1. The smallest absolute Gasteiger partial charge is 0.228 e. The Kier molecular flexibility index (Phi) is 5.65. The third-order valence-electron chi connectivity index (χ3n) is 5.53. The molecule has 0 aliphatic carbocycles. The monoisotopic (exact) mass is 406 g/mol. The van der Waals surface area contributed by atoms with Crippen molar-refractivity contribution >= 4 is 11.8 Å². The highest BCUT2D eigenvalue weighted by molar-refractivity contribution is 5.89. The summed E-state index contributed by atoms with van der Waals surface area (Å²) in [6, 6.07) is 19.0. The molecule has 30 heavy (non-hydrogen) atoms. The maximum Gasteiger partial charge on any atom is 0.228 e. The van der Waals surface area contributed by atoms with E-state index in [1.165, 1.54) is 12.1 Å². The number of amides is 2. The highest BCUT2D eigenvalue weighted by atomic mass is 19.1. The summed E-state index contributed by atoms with van der Waals surface area (Å²) < 4.78 is 18.8. The summed E-state index contributed by atoms with van der Waals surface area (Å²) in [5, 5.41) is 0. The van der Waals surface area contributed by atoms with Crippen molar-refractivity contribution in [2.45, 2.75) is 19.0 Å². The largest absolute Gasteiger partial charge is 0.467 e. The molecule has 4 rings (SSSR count). The van der Waals surface area contributed by atoms with Crippen molar-refractivity contribution in [2.24, 2.45) is 5.92 Å². The first kappa shape index (κ1) is 19.9. The predicted octanol–water partition coefficient (Wildman–Crippen LogP) is 4.02. The lowest BCUT2D eigenvalue weighted by atomic mass is 9.95. The number of carbonyl (C=O) groups excluding carboxylic acids is 2. The quantitative estimate of drug-likeness (QED) is 0.621. The number of hydrogen-bond donors (Lipinski definition) is 0. The minimum absolute atomic E-state index is 0.0591. The van der Waals surface area contributed by atoms with E-state index in [1.54, 1.807) is 41.3 Å². The number of likely N-dealkylation sites (tertiary alicyclic amines) is 1. The van der Waals surface area contributed by atoms with Crippen LogP contribution >= 0.6 is 0 Å². The molecule has 1 aliphatic heterocycles. The van der Waals surface area contributed by atoms with Crippen LogP contribution in [-0.2, 0) is 16.1 Å². The highest BCUT2D eigenvalue weighted by Gasteiger charge is 2.38. The normalized spacial score (nSPS) is 17.2. The molecule has 2 aromatic carbocycles. The van der Waals surface area contributed by atoms with Gasteiger partial charge in [-0.05, 0) is 35.4 Å². The molecular formula is C24H23FN2O3. The molecule has 1 fully saturated rings.